The molecule has 0 bridgehead atoms. The van der Waals surface area contributed by atoms with Gasteiger partial charge in [-0.1, -0.05) is 12.2 Å². The molecule has 0 aliphatic heterocycles. The topological polar surface area (TPSA) is 86.7 Å². The summed E-state index contributed by atoms with van der Waals surface area (Å²) in [5, 5.41) is 0. The maximum Gasteiger partial charge on any atom is 0.379 e. The van der Waals surface area contributed by atoms with Gasteiger partial charge >= 0.3 is 11.9 Å². The van der Waals surface area contributed by atoms with Crippen LogP contribution < -0.4 is 0 Å². The number of hydrogen-bond acceptors (Lipinski definition) is 6. The third-order valence-electron chi connectivity index (χ3n) is 3.61. The number of ether oxygens (including phenoxy) is 2. The molecule has 0 aromatic heterocycles. The fraction of sp³-hybridized carbons (Fsp3) is 0.500. The highest BCUT2D eigenvalue weighted by molar-refractivity contribution is 6.40. The van der Waals surface area contributed by atoms with Crippen molar-refractivity contribution in [3.05, 3.63) is 24.3 Å². The third kappa shape index (κ3) is 3.69. The summed E-state index contributed by atoms with van der Waals surface area (Å²) in [6, 6.07) is 0. The molecule has 22 heavy (non-hydrogen) atoms. The Kier molecular flexibility index (Phi) is 6.22. The van der Waals surface area contributed by atoms with Crippen LogP contribution in [-0.2, 0) is 28.7 Å². The molecule has 0 saturated carbocycles. The average molecular weight is 308 g/mol. The Balaban J connectivity index is 2.88. The molecule has 1 aliphatic carbocycles. The summed E-state index contributed by atoms with van der Waals surface area (Å²) >= 11 is 0. The summed E-state index contributed by atoms with van der Waals surface area (Å²) in [5.74, 6) is -3.20. The van der Waals surface area contributed by atoms with E-state index in [-0.39, 0.29) is 32.5 Å². The van der Waals surface area contributed by atoms with Gasteiger partial charge in [0.15, 0.2) is 0 Å². The monoisotopic (exact) mass is 308 g/mol. The van der Waals surface area contributed by atoms with Crippen LogP contribution in [0.5, 0.6) is 0 Å². The van der Waals surface area contributed by atoms with E-state index in [0.29, 0.717) is 5.57 Å². The Morgan fingerprint density at radius 2 is 1.77 bits per heavy atom. The third-order valence-corrected chi connectivity index (χ3v) is 3.61. The molecule has 1 rings (SSSR count). The van der Waals surface area contributed by atoms with Gasteiger partial charge in [0.1, 0.15) is 0 Å². The number of ketones is 2. The number of rotatable bonds is 7. The minimum Gasteiger partial charge on any atom is -0.460 e. The molecule has 6 nitrogen and oxygen atoms in total. The molecule has 0 saturated heterocycles. The van der Waals surface area contributed by atoms with Crippen LogP contribution in [0.15, 0.2) is 24.3 Å². The number of esters is 2. The Bertz CT molecular complexity index is 531. The number of hydrogen-bond donors (Lipinski definition) is 0. The summed E-state index contributed by atoms with van der Waals surface area (Å²) in [7, 11) is 0. The number of Topliss-reactive ketones (excluding diaryl/α,β-unsaturated/α-hetero) is 2. The van der Waals surface area contributed by atoms with Gasteiger partial charge in [-0.15, -0.1) is 6.58 Å². The van der Waals surface area contributed by atoms with Crippen molar-refractivity contribution in [3.8, 4) is 0 Å². The highest BCUT2D eigenvalue weighted by Gasteiger charge is 2.42. The molecule has 1 unspecified atom stereocenters. The maximum atomic E-state index is 12.2. The molecule has 0 heterocycles. The quantitative estimate of drug-likeness (QED) is 0.403. The molecule has 0 amide bonds. The molecule has 0 spiro atoms. The minimum atomic E-state index is -1.08. The molecular weight excluding hydrogens is 288 g/mol. The molecule has 120 valence electrons. The molecular formula is C16H20O6. The van der Waals surface area contributed by atoms with E-state index in [4.69, 9.17) is 4.74 Å². The van der Waals surface area contributed by atoms with Crippen LogP contribution in [0.4, 0.5) is 0 Å². The largest absolute Gasteiger partial charge is 0.460 e. The Hall–Kier alpha value is -2.24. The van der Waals surface area contributed by atoms with Gasteiger partial charge in [0.25, 0.3) is 5.78 Å². The highest BCUT2D eigenvalue weighted by Crippen LogP contribution is 2.38. The lowest BCUT2D eigenvalue weighted by atomic mass is 9.71. The predicted octanol–water partition coefficient (Wildman–Crippen LogP) is 1.53. The van der Waals surface area contributed by atoms with Crippen molar-refractivity contribution >= 4 is 23.5 Å². The van der Waals surface area contributed by atoms with Gasteiger partial charge < -0.3 is 9.47 Å². The fourth-order valence-corrected chi connectivity index (χ4v) is 2.29. The van der Waals surface area contributed by atoms with Gasteiger partial charge in [-0.25, -0.2) is 9.59 Å². The van der Waals surface area contributed by atoms with Crippen molar-refractivity contribution in [3.63, 3.8) is 0 Å². The maximum absolute atomic E-state index is 12.2. The van der Waals surface area contributed by atoms with Gasteiger partial charge in [0, 0.05) is 5.57 Å². The fourth-order valence-electron chi connectivity index (χ4n) is 2.29. The molecule has 0 N–H and O–H groups in total. The highest BCUT2D eigenvalue weighted by atomic mass is 16.5. The standard InChI is InChI=1S/C16H20O6/c1-4-16(13(18)15(20)22-6-3)9-7-11(8-10-16)12(17)14(19)21-5-2/h4,7H,1,5-6,8-10H2,2-3H3. The molecule has 6 heteroatoms. The Morgan fingerprint density at radius 1 is 1.18 bits per heavy atom. The van der Waals surface area contributed by atoms with Gasteiger partial charge in [-0.2, -0.15) is 0 Å². The summed E-state index contributed by atoms with van der Waals surface area (Å²) in [5.41, 5.74) is -0.780. The zero-order valence-electron chi connectivity index (χ0n) is 12.8. The smallest absolute Gasteiger partial charge is 0.379 e. The molecule has 0 radical (unpaired) electrons. The first-order valence-corrected chi connectivity index (χ1v) is 7.17. The van der Waals surface area contributed by atoms with Crippen LogP contribution >= 0.6 is 0 Å². The van der Waals surface area contributed by atoms with E-state index in [1.165, 1.54) is 12.2 Å². The van der Waals surface area contributed by atoms with Crippen LogP contribution in [0.1, 0.15) is 33.1 Å². The summed E-state index contributed by atoms with van der Waals surface area (Å²) in [6.07, 6.45) is 3.48. The molecule has 0 aromatic carbocycles. The van der Waals surface area contributed by atoms with Gasteiger partial charge in [0.05, 0.1) is 18.6 Å². The van der Waals surface area contributed by atoms with Crippen molar-refractivity contribution in [1.82, 2.24) is 0 Å². The van der Waals surface area contributed by atoms with E-state index in [0.717, 1.165) is 0 Å². The van der Waals surface area contributed by atoms with Crippen LogP contribution in [0, 0.1) is 5.41 Å². The Morgan fingerprint density at radius 3 is 2.23 bits per heavy atom. The lowest BCUT2D eigenvalue weighted by molar-refractivity contribution is -0.157. The van der Waals surface area contributed by atoms with E-state index < -0.39 is 28.9 Å². The van der Waals surface area contributed by atoms with Crippen LogP contribution in [-0.4, -0.2) is 36.7 Å². The second-order valence-electron chi connectivity index (χ2n) is 4.89. The zero-order valence-corrected chi connectivity index (χ0v) is 12.8. The normalized spacial score (nSPS) is 20.5. The lowest BCUT2D eigenvalue weighted by Gasteiger charge is -2.30. The van der Waals surface area contributed by atoms with Gasteiger partial charge in [0.2, 0.25) is 5.78 Å². The first-order chi connectivity index (χ1) is 10.4. The minimum absolute atomic E-state index is 0.111. The first-order valence-electron chi connectivity index (χ1n) is 7.17. The SMILES string of the molecule is C=CC1(C(=O)C(=O)OCC)CC=C(C(=O)C(=O)OCC)CC1. The van der Waals surface area contributed by atoms with E-state index >= 15 is 0 Å². The van der Waals surface area contributed by atoms with Crippen molar-refractivity contribution in [2.24, 2.45) is 5.41 Å². The van der Waals surface area contributed by atoms with E-state index in [1.54, 1.807) is 13.8 Å². The van der Waals surface area contributed by atoms with Crippen molar-refractivity contribution in [2.45, 2.75) is 33.1 Å². The van der Waals surface area contributed by atoms with Crippen molar-refractivity contribution in [2.75, 3.05) is 13.2 Å². The Labute approximate surface area is 129 Å². The molecule has 0 aromatic rings. The first kappa shape index (κ1) is 17.8. The van der Waals surface area contributed by atoms with Crippen molar-refractivity contribution in [1.29, 1.82) is 0 Å². The summed E-state index contributed by atoms with van der Waals surface area (Å²) in [6.45, 7) is 7.08. The van der Waals surface area contributed by atoms with E-state index in [9.17, 15) is 19.2 Å². The number of allylic oxidation sites excluding steroid dienone is 2. The molecule has 0 fully saturated rings. The van der Waals surface area contributed by atoms with Gasteiger partial charge in [-0.3, -0.25) is 9.59 Å². The second kappa shape index (κ2) is 7.68. The number of carbonyl (C=O) groups is 4. The lowest BCUT2D eigenvalue weighted by Crippen LogP contribution is -2.38. The average Bonchev–Trinajstić information content (AvgIpc) is 2.54. The van der Waals surface area contributed by atoms with Crippen molar-refractivity contribution < 1.29 is 28.7 Å². The van der Waals surface area contributed by atoms with Gasteiger partial charge in [-0.05, 0) is 33.1 Å². The summed E-state index contributed by atoms with van der Waals surface area (Å²) in [4.78, 5) is 47.1. The van der Waals surface area contributed by atoms with E-state index in [2.05, 4.69) is 11.3 Å². The van der Waals surface area contributed by atoms with Crippen LogP contribution in [0.25, 0.3) is 0 Å². The zero-order chi connectivity index (χ0) is 16.8. The second-order valence-corrected chi connectivity index (χ2v) is 4.89. The molecule has 1 aliphatic rings. The van der Waals surface area contributed by atoms with E-state index in [1.807, 2.05) is 0 Å². The molecule has 1 atom stereocenters. The van der Waals surface area contributed by atoms with Crippen LogP contribution in [0.2, 0.25) is 0 Å². The number of carbonyl (C=O) groups excluding carboxylic acids is 4. The summed E-state index contributed by atoms with van der Waals surface area (Å²) < 4.78 is 9.39. The van der Waals surface area contributed by atoms with Crippen LogP contribution in [0.3, 0.4) is 0 Å². The predicted molar refractivity (Wildman–Crippen MR) is 77.8 cm³/mol.